The van der Waals surface area contributed by atoms with E-state index in [0.717, 1.165) is 45.8 Å². The number of carbonyl (C=O) groups is 1. The molecule has 1 aliphatic heterocycles. The van der Waals surface area contributed by atoms with Crippen molar-refractivity contribution in [2.45, 2.75) is 52.7 Å². The highest BCUT2D eigenvalue weighted by Gasteiger charge is 2.21. The summed E-state index contributed by atoms with van der Waals surface area (Å²) in [5.41, 5.74) is 5.42. The van der Waals surface area contributed by atoms with E-state index in [1.807, 2.05) is 34.6 Å². The molecule has 8 nitrogen and oxygen atoms in total. The van der Waals surface area contributed by atoms with Crippen molar-refractivity contribution in [1.29, 1.82) is 0 Å². The lowest BCUT2D eigenvalue weighted by Crippen LogP contribution is -2.44. The lowest BCUT2D eigenvalue weighted by molar-refractivity contribution is 0.0376. The molecule has 1 heterocycles. The molecule has 0 aromatic carbocycles. The largest absolute Gasteiger partial charge is 0.444 e. The zero-order valence-corrected chi connectivity index (χ0v) is 17.0. The molecule has 0 bridgehead atoms. The number of aliphatic imine (C=N–C) groups is 1. The highest BCUT2D eigenvalue weighted by atomic mass is 16.6. The molecule has 8 heteroatoms. The quantitative estimate of drug-likeness (QED) is 0.336. The summed E-state index contributed by atoms with van der Waals surface area (Å²) in [6.45, 7) is 15.4. The van der Waals surface area contributed by atoms with Gasteiger partial charge in [-0.25, -0.2) is 4.79 Å². The van der Waals surface area contributed by atoms with E-state index in [-0.39, 0.29) is 12.0 Å². The van der Waals surface area contributed by atoms with Crippen molar-refractivity contribution in [1.82, 2.24) is 15.5 Å². The molecule has 1 rings (SSSR count). The predicted octanol–water partition coefficient (Wildman–Crippen LogP) is 1.16. The van der Waals surface area contributed by atoms with Crippen LogP contribution in [-0.4, -0.2) is 74.5 Å². The summed E-state index contributed by atoms with van der Waals surface area (Å²) in [5, 5.41) is 6.00. The smallest absolute Gasteiger partial charge is 0.407 e. The van der Waals surface area contributed by atoms with Crippen LogP contribution in [0.2, 0.25) is 0 Å². The van der Waals surface area contributed by atoms with Gasteiger partial charge in [-0.1, -0.05) is 13.8 Å². The molecule has 1 amide bonds. The molecule has 4 N–H and O–H groups in total. The molecular weight excluding hydrogens is 334 g/mol. The number of guanidine groups is 1. The first-order chi connectivity index (χ1) is 12.2. The number of amides is 1. The van der Waals surface area contributed by atoms with Crippen LogP contribution >= 0.6 is 0 Å². The van der Waals surface area contributed by atoms with Gasteiger partial charge in [-0.2, -0.15) is 0 Å². The maximum Gasteiger partial charge on any atom is 0.407 e. The number of rotatable bonds is 8. The first-order valence-corrected chi connectivity index (χ1v) is 9.51. The summed E-state index contributed by atoms with van der Waals surface area (Å²) in [7, 11) is 0. The molecule has 26 heavy (non-hydrogen) atoms. The molecule has 0 radical (unpaired) electrons. The van der Waals surface area contributed by atoms with Gasteiger partial charge in [0, 0.05) is 19.6 Å². The van der Waals surface area contributed by atoms with Gasteiger partial charge in [0.25, 0.3) is 0 Å². The van der Waals surface area contributed by atoms with Crippen molar-refractivity contribution < 1.29 is 14.3 Å². The minimum absolute atomic E-state index is 0.126. The van der Waals surface area contributed by atoms with Gasteiger partial charge in [-0.05, 0) is 39.7 Å². The third-order valence-electron chi connectivity index (χ3n) is 4.03. The van der Waals surface area contributed by atoms with Gasteiger partial charge >= 0.3 is 6.09 Å². The normalized spacial score (nSPS) is 17.8. The van der Waals surface area contributed by atoms with Crippen molar-refractivity contribution >= 4 is 12.1 Å². The van der Waals surface area contributed by atoms with E-state index in [0.29, 0.717) is 12.5 Å². The van der Waals surface area contributed by atoms with Gasteiger partial charge in [-0.3, -0.25) is 9.89 Å². The van der Waals surface area contributed by atoms with Gasteiger partial charge in [0.1, 0.15) is 5.60 Å². The fourth-order valence-electron chi connectivity index (χ4n) is 2.48. The third kappa shape index (κ3) is 10.5. The standard InChI is InChI=1S/C18H37N5O3/c1-14(2)15(22-17(24)26-18(3,4)5)13-21-16(19)20-7-6-8-23-9-11-25-12-10-23/h14-15H,6-13H2,1-5H3,(H,22,24)(H3,19,20,21). The molecule has 1 atom stereocenters. The number of nitrogens with zero attached hydrogens (tertiary/aromatic N) is 2. The zero-order chi connectivity index (χ0) is 19.6. The SMILES string of the molecule is CC(C)C(CN=C(N)NCCCN1CCOCC1)NC(=O)OC(C)(C)C. The van der Waals surface area contributed by atoms with Crippen LogP contribution in [0.3, 0.4) is 0 Å². The Labute approximate surface area is 157 Å². The topological polar surface area (TPSA) is 101 Å². The van der Waals surface area contributed by atoms with Crippen LogP contribution in [0, 0.1) is 5.92 Å². The van der Waals surface area contributed by atoms with Crippen LogP contribution in [0.25, 0.3) is 0 Å². The summed E-state index contributed by atoms with van der Waals surface area (Å²) in [6.07, 6.45) is 0.573. The van der Waals surface area contributed by atoms with E-state index in [4.69, 9.17) is 15.2 Å². The summed E-state index contributed by atoms with van der Waals surface area (Å²) < 4.78 is 10.6. The molecule has 0 spiro atoms. The van der Waals surface area contributed by atoms with Gasteiger partial charge < -0.3 is 25.8 Å². The van der Waals surface area contributed by atoms with E-state index in [2.05, 4.69) is 20.5 Å². The first-order valence-electron chi connectivity index (χ1n) is 9.51. The van der Waals surface area contributed by atoms with Crippen molar-refractivity contribution in [3.63, 3.8) is 0 Å². The second kappa shape index (κ2) is 11.2. The van der Waals surface area contributed by atoms with Crippen molar-refractivity contribution in [2.75, 3.05) is 45.9 Å². The molecule has 0 aromatic heterocycles. The number of nitrogens with one attached hydrogen (secondary N) is 2. The predicted molar refractivity (Wildman–Crippen MR) is 104 cm³/mol. The van der Waals surface area contributed by atoms with Crippen molar-refractivity contribution in [3.05, 3.63) is 0 Å². The minimum Gasteiger partial charge on any atom is -0.444 e. The van der Waals surface area contributed by atoms with Gasteiger partial charge in [0.15, 0.2) is 5.96 Å². The second-order valence-corrected chi connectivity index (χ2v) is 7.96. The Morgan fingerprint density at radius 1 is 1.31 bits per heavy atom. The van der Waals surface area contributed by atoms with Crippen LogP contribution in [0.5, 0.6) is 0 Å². The highest BCUT2D eigenvalue weighted by molar-refractivity contribution is 5.77. The Bertz CT molecular complexity index is 443. The molecule has 0 saturated carbocycles. The Morgan fingerprint density at radius 3 is 2.54 bits per heavy atom. The summed E-state index contributed by atoms with van der Waals surface area (Å²) >= 11 is 0. The summed E-state index contributed by atoms with van der Waals surface area (Å²) in [6, 6.07) is -0.126. The highest BCUT2D eigenvalue weighted by Crippen LogP contribution is 2.09. The van der Waals surface area contributed by atoms with Crippen LogP contribution in [0.1, 0.15) is 41.0 Å². The average Bonchev–Trinajstić information content (AvgIpc) is 2.54. The Hall–Kier alpha value is -1.54. The Kier molecular flexibility index (Phi) is 9.72. The fourth-order valence-corrected chi connectivity index (χ4v) is 2.48. The maximum absolute atomic E-state index is 11.9. The third-order valence-corrected chi connectivity index (χ3v) is 4.03. The lowest BCUT2D eigenvalue weighted by Gasteiger charge is -2.26. The van der Waals surface area contributed by atoms with Crippen LogP contribution < -0.4 is 16.4 Å². The number of nitrogens with two attached hydrogens (primary N) is 1. The van der Waals surface area contributed by atoms with Crippen molar-refractivity contribution in [3.8, 4) is 0 Å². The van der Waals surface area contributed by atoms with E-state index in [9.17, 15) is 4.79 Å². The minimum atomic E-state index is -0.518. The van der Waals surface area contributed by atoms with Gasteiger partial charge in [0.2, 0.25) is 0 Å². The zero-order valence-electron chi connectivity index (χ0n) is 17.0. The average molecular weight is 372 g/mol. The molecule has 1 aliphatic rings. The molecule has 152 valence electrons. The number of ether oxygens (including phenoxy) is 2. The number of alkyl carbamates (subject to hydrolysis) is 1. The number of hydrogen-bond acceptors (Lipinski definition) is 5. The van der Waals surface area contributed by atoms with Crippen molar-refractivity contribution in [2.24, 2.45) is 16.6 Å². The van der Waals surface area contributed by atoms with E-state index >= 15 is 0 Å². The molecule has 1 unspecified atom stereocenters. The summed E-state index contributed by atoms with van der Waals surface area (Å²) in [4.78, 5) is 18.7. The summed E-state index contributed by atoms with van der Waals surface area (Å²) in [5.74, 6) is 0.629. The Balaban J connectivity index is 2.30. The molecular formula is C18H37N5O3. The number of morpholine rings is 1. The van der Waals surface area contributed by atoms with Gasteiger partial charge in [0.05, 0.1) is 25.8 Å². The van der Waals surface area contributed by atoms with E-state index in [1.165, 1.54) is 0 Å². The molecule has 0 aliphatic carbocycles. The second-order valence-electron chi connectivity index (χ2n) is 7.96. The molecule has 1 fully saturated rings. The number of hydrogen-bond donors (Lipinski definition) is 3. The van der Waals surface area contributed by atoms with Gasteiger partial charge in [-0.15, -0.1) is 0 Å². The van der Waals surface area contributed by atoms with E-state index < -0.39 is 11.7 Å². The molecule has 0 aromatic rings. The monoisotopic (exact) mass is 371 g/mol. The fraction of sp³-hybridized carbons (Fsp3) is 0.889. The molecule has 1 saturated heterocycles. The lowest BCUT2D eigenvalue weighted by atomic mass is 10.1. The van der Waals surface area contributed by atoms with Crippen LogP contribution in [0.15, 0.2) is 4.99 Å². The first kappa shape index (κ1) is 22.5. The van der Waals surface area contributed by atoms with Crippen LogP contribution in [0.4, 0.5) is 4.79 Å². The van der Waals surface area contributed by atoms with E-state index in [1.54, 1.807) is 0 Å². The maximum atomic E-state index is 11.9. The number of carbonyl (C=O) groups excluding carboxylic acids is 1. The Morgan fingerprint density at radius 2 is 1.96 bits per heavy atom. The van der Waals surface area contributed by atoms with Crippen LogP contribution in [-0.2, 0) is 9.47 Å².